The molecule has 0 aliphatic carbocycles. The fraction of sp³-hybridized carbons (Fsp3) is 0.235. The molecule has 0 N–H and O–H groups in total. The summed E-state index contributed by atoms with van der Waals surface area (Å²) in [4.78, 5) is 1.33. The summed E-state index contributed by atoms with van der Waals surface area (Å²) < 4.78 is 0. The molecule has 0 amide bonds. The van der Waals surface area contributed by atoms with Crippen LogP contribution in [0.25, 0.3) is 0 Å². The third-order valence-corrected chi connectivity index (χ3v) is 4.09. The third-order valence-electron chi connectivity index (χ3n) is 2.94. The van der Waals surface area contributed by atoms with E-state index < -0.39 is 0 Å². The molecule has 0 spiro atoms. The molecule has 0 aliphatic rings. The van der Waals surface area contributed by atoms with Crippen LogP contribution < -0.4 is 0 Å². The van der Waals surface area contributed by atoms with Crippen LogP contribution in [0.1, 0.15) is 23.6 Å². The molecule has 0 unspecified atom stereocenters. The number of benzene rings is 2. The van der Waals surface area contributed by atoms with Crippen LogP contribution in [0.3, 0.4) is 0 Å². The first-order valence-electron chi connectivity index (χ1n) is 6.33. The van der Waals surface area contributed by atoms with E-state index in [4.69, 9.17) is 0 Å². The summed E-state index contributed by atoms with van der Waals surface area (Å²) in [6.45, 7) is 6.16. The molecule has 0 aromatic heterocycles. The van der Waals surface area contributed by atoms with Crippen molar-refractivity contribution in [2.75, 3.05) is 0 Å². The summed E-state index contributed by atoms with van der Waals surface area (Å²) in [7, 11) is 0. The molecule has 0 heterocycles. The second-order valence-electron chi connectivity index (χ2n) is 4.23. The number of hydrogen-bond donors (Lipinski definition) is 0. The minimum Gasteiger partial charge on any atom is -0.341 e. The number of aryl methyl sites for hydroxylation is 1. The molecule has 0 saturated carbocycles. The van der Waals surface area contributed by atoms with E-state index in [2.05, 4.69) is 62.4 Å². The predicted molar refractivity (Wildman–Crippen MR) is 79.7 cm³/mol. The molecule has 0 atom stereocenters. The van der Waals surface area contributed by atoms with Crippen LogP contribution in [0, 0.1) is 44.1 Å². The van der Waals surface area contributed by atoms with Gasteiger partial charge in [0.2, 0.25) is 0 Å². The van der Waals surface area contributed by atoms with E-state index in [-0.39, 0.29) is 31.1 Å². The summed E-state index contributed by atoms with van der Waals surface area (Å²) in [6, 6.07) is 18.3. The van der Waals surface area contributed by atoms with E-state index in [1.165, 1.54) is 21.6 Å². The molecule has 0 saturated heterocycles. The van der Waals surface area contributed by atoms with Gasteiger partial charge in [0, 0.05) is 5.75 Å². The Morgan fingerprint density at radius 1 is 1.16 bits per heavy atom. The van der Waals surface area contributed by atoms with Gasteiger partial charge in [-0.3, -0.25) is 0 Å². The third kappa shape index (κ3) is 5.03. The minimum absolute atomic E-state index is 0. The van der Waals surface area contributed by atoms with Gasteiger partial charge >= 0.3 is 31.1 Å². The first-order chi connectivity index (χ1) is 8.83. The van der Waals surface area contributed by atoms with Gasteiger partial charge in [0.15, 0.2) is 0 Å². The fourth-order valence-corrected chi connectivity index (χ4v) is 2.90. The van der Waals surface area contributed by atoms with Crippen molar-refractivity contribution in [3.8, 4) is 0 Å². The van der Waals surface area contributed by atoms with Crippen LogP contribution in [-0.2, 0) is 18.6 Å². The molecule has 2 rings (SSSR count). The van der Waals surface area contributed by atoms with Crippen molar-refractivity contribution in [1.29, 1.82) is 0 Å². The first-order valence-corrected chi connectivity index (χ1v) is 7.31. The molecule has 0 bridgehead atoms. The molecule has 0 aliphatic heterocycles. The van der Waals surface area contributed by atoms with E-state index in [0.29, 0.717) is 0 Å². The molecule has 0 nitrogen and oxygen atoms in total. The van der Waals surface area contributed by atoms with Crippen molar-refractivity contribution in [1.82, 2.24) is 0 Å². The Balaban J connectivity index is 0.00000180. The summed E-state index contributed by atoms with van der Waals surface area (Å²) in [5, 5.41) is 0. The van der Waals surface area contributed by atoms with Crippen LogP contribution in [0.2, 0.25) is 0 Å². The van der Waals surface area contributed by atoms with Crippen LogP contribution in [-0.4, -0.2) is 0 Å². The summed E-state index contributed by atoms with van der Waals surface area (Å²) in [5.74, 6) is 1.01. The normalized spacial score (nSPS) is 10.0. The van der Waals surface area contributed by atoms with E-state index in [1.807, 2.05) is 11.8 Å². The molecule has 2 aromatic rings. The number of hydrogen-bond acceptors (Lipinski definition) is 1. The topological polar surface area (TPSA) is 0 Å². The second-order valence-corrected chi connectivity index (χ2v) is 5.25. The van der Waals surface area contributed by atoms with Crippen molar-refractivity contribution >= 4 is 11.8 Å². The molecule has 96 valence electrons. The van der Waals surface area contributed by atoms with Crippen molar-refractivity contribution in [3.05, 3.63) is 72.1 Å². The predicted octanol–water partition coefficient (Wildman–Crippen LogP) is 4.72. The zero-order valence-electron chi connectivity index (χ0n) is 11.3. The maximum atomic E-state index is 3.98. The van der Waals surface area contributed by atoms with Crippen LogP contribution in [0.15, 0.2) is 47.4 Å². The number of thioether (sulfide) groups is 1. The van der Waals surface area contributed by atoms with E-state index in [1.54, 1.807) is 0 Å². The zero-order valence-corrected chi connectivity index (χ0v) is 16.3. The Morgan fingerprint density at radius 3 is 2.53 bits per heavy atom. The SMILES string of the molecule is [CH2-]Cc1[c-]cc(CC)cc1SCc1ccccc1.[U+2]. The van der Waals surface area contributed by atoms with Gasteiger partial charge in [0.25, 0.3) is 0 Å². The van der Waals surface area contributed by atoms with Gasteiger partial charge in [-0.2, -0.15) is 47.5 Å². The Bertz CT molecular complexity index is 494. The van der Waals surface area contributed by atoms with Crippen LogP contribution in [0.5, 0.6) is 0 Å². The van der Waals surface area contributed by atoms with Gasteiger partial charge < -0.3 is 6.92 Å². The van der Waals surface area contributed by atoms with Crippen molar-refractivity contribution < 1.29 is 31.1 Å². The zero-order chi connectivity index (χ0) is 12.8. The first kappa shape index (κ1) is 16.9. The van der Waals surface area contributed by atoms with Crippen LogP contribution in [0.4, 0.5) is 0 Å². The maximum absolute atomic E-state index is 3.98. The number of rotatable bonds is 5. The monoisotopic (exact) mass is 492 g/mol. The Morgan fingerprint density at radius 2 is 1.89 bits per heavy atom. The smallest absolute Gasteiger partial charge is 0.341 e. The maximum Gasteiger partial charge on any atom is 2.00 e. The van der Waals surface area contributed by atoms with Crippen LogP contribution >= 0.6 is 11.8 Å². The molecule has 2 aromatic carbocycles. The Hall–Kier alpha value is -0.158. The molecule has 19 heavy (non-hydrogen) atoms. The van der Waals surface area contributed by atoms with E-state index in [9.17, 15) is 0 Å². The molecular formula is C17H18SU. The average Bonchev–Trinajstić information content (AvgIpc) is 2.45. The van der Waals surface area contributed by atoms with Gasteiger partial charge in [-0.05, 0) is 5.56 Å². The van der Waals surface area contributed by atoms with Gasteiger partial charge in [0.05, 0.1) is 0 Å². The second kappa shape index (κ2) is 8.90. The van der Waals surface area contributed by atoms with Gasteiger partial charge in [-0.15, -0.1) is 4.90 Å². The van der Waals surface area contributed by atoms with Gasteiger partial charge in [0.1, 0.15) is 0 Å². The molecule has 2 heteroatoms. The minimum atomic E-state index is 0. The summed E-state index contributed by atoms with van der Waals surface area (Å²) in [5.41, 5.74) is 3.94. The van der Waals surface area contributed by atoms with Gasteiger partial charge in [-0.25, -0.2) is 0 Å². The van der Waals surface area contributed by atoms with Crippen molar-refractivity contribution in [2.24, 2.45) is 0 Å². The van der Waals surface area contributed by atoms with E-state index >= 15 is 0 Å². The Kier molecular flexibility index (Phi) is 7.92. The fourth-order valence-electron chi connectivity index (χ4n) is 1.81. The summed E-state index contributed by atoms with van der Waals surface area (Å²) in [6.07, 6.45) is 1.87. The standard InChI is InChI=1S/C17H18S.U/c1-3-14-10-11-16(4-2)17(12-14)18-13-15-8-6-5-7-9-15;/h5-10,12H,2-4,13H2,1H3;/q-2;+2. The van der Waals surface area contributed by atoms with E-state index in [0.717, 1.165) is 18.6 Å². The van der Waals surface area contributed by atoms with Crippen molar-refractivity contribution in [2.45, 2.75) is 30.4 Å². The van der Waals surface area contributed by atoms with Crippen molar-refractivity contribution in [3.63, 3.8) is 0 Å². The van der Waals surface area contributed by atoms with Gasteiger partial charge in [-0.1, -0.05) is 43.7 Å². The largest absolute Gasteiger partial charge is 2.00 e. The molecule has 0 radical (unpaired) electrons. The Labute approximate surface area is 144 Å². The average molecular weight is 492 g/mol. The molecular weight excluding hydrogens is 474 g/mol. The quantitative estimate of drug-likeness (QED) is 0.430. The summed E-state index contributed by atoms with van der Waals surface area (Å²) >= 11 is 1.88. The molecule has 0 fully saturated rings.